The number of anilines is 1. The average molecular weight is 438 g/mol. The highest BCUT2D eigenvalue weighted by Crippen LogP contribution is 2.32. The molecule has 2 N–H and O–H groups in total. The summed E-state index contributed by atoms with van der Waals surface area (Å²) in [5.41, 5.74) is 1.69. The number of halogens is 1. The Bertz CT molecular complexity index is 1010. The Hall–Kier alpha value is -2.79. The van der Waals surface area contributed by atoms with Gasteiger partial charge in [-0.2, -0.15) is 0 Å². The van der Waals surface area contributed by atoms with Crippen LogP contribution in [0.1, 0.15) is 39.0 Å². The van der Waals surface area contributed by atoms with Crippen LogP contribution < -0.4 is 15.4 Å². The van der Waals surface area contributed by atoms with Crippen LogP contribution in [0.4, 0.5) is 10.5 Å². The third-order valence-electron chi connectivity index (χ3n) is 6.05. The largest absolute Gasteiger partial charge is 0.490 e. The molecule has 0 aliphatic heterocycles. The Morgan fingerprint density at radius 2 is 1.84 bits per heavy atom. The van der Waals surface area contributed by atoms with Gasteiger partial charge >= 0.3 is 6.03 Å². The maximum Gasteiger partial charge on any atom is 0.319 e. The maximum absolute atomic E-state index is 12.5. The van der Waals surface area contributed by atoms with Crippen LogP contribution in [-0.2, 0) is 0 Å². The molecule has 1 aliphatic carbocycles. The van der Waals surface area contributed by atoms with Gasteiger partial charge in [0.1, 0.15) is 5.75 Å². The van der Waals surface area contributed by atoms with E-state index in [0.29, 0.717) is 10.9 Å². The van der Waals surface area contributed by atoms with E-state index in [1.807, 2.05) is 24.3 Å². The molecule has 0 bridgehead atoms. The molecule has 0 spiro atoms. The minimum atomic E-state index is -0.171. The summed E-state index contributed by atoms with van der Waals surface area (Å²) in [7, 11) is 0. The van der Waals surface area contributed by atoms with Gasteiger partial charge in [-0.3, -0.25) is 4.98 Å². The van der Waals surface area contributed by atoms with Crippen molar-refractivity contribution in [3.05, 3.63) is 65.8 Å². The van der Waals surface area contributed by atoms with Gasteiger partial charge in [-0.05, 0) is 80.5 Å². The average Bonchev–Trinajstić information content (AvgIpc) is 2.80. The van der Waals surface area contributed by atoms with E-state index in [1.165, 1.54) is 0 Å². The lowest BCUT2D eigenvalue weighted by Gasteiger charge is -2.34. The molecule has 0 saturated heterocycles. The van der Waals surface area contributed by atoms with Crippen molar-refractivity contribution >= 4 is 34.2 Å². The Labute approximate surface area is 188 Å². The first kappa shape index (κ1) is 21.4. The molecule has 162 valence electrons. The number of benzene rings is 2. The summed E-state index contributed by atoms with van der Waals surface area (Å²) in [6.07, 6.45) is 6.94. The third-order valence-corrected chi connectivity index (χ3v) is 6.30. The molecular formula is C25H28ClN3O2. The van der Waals surface area contributed by atoms with Crippen LogP contribution in [0.15, 0.2) is 60.8 Å². The van der Waals surface area contributed by atoms with Gasteiger partial charge in [0.15, 0.2) is 0 Å². The first-order chi connectivity index (χ1) is 15.1. The first-order valence-electron chi connectivity index (χ1n) is 11.0. The van der Waals surface area contributed by atoms with Crippen LogP contribution in [0.5, 0.6) is 5.75 Å². The number of hydrogen-bond acceptors (Lipinski definition) is 3. The molecule has 1 aromatic heterocycles. The highest BCUT2D eigenvalue weighted by atomic mass is 35.5. The SMILES string of the molecule is CC[C@@H](NC(=O)Nc1ccc(Cl)cc1)[C@H]1CC[C@H](Oc2ccnc3ccccc23)CC1. The van der Waals surface area contributed by atoms with E-state index < -0.39 is 0 Å². The predicted octanol–water partition coefficient (Wildman–Crippen LogP) is 6.43. The zero-order valence-electron chi connectivity index (χ0n) is 17.7. The fourth-order valence-corrected chi connectivity index (χ4v) is 4.51. The molecule has 3 aromatic rings. The van der Waals surface area contributed by atoms with E-state index in [0.717, 1.165) is 54.4 Å². The molecule has 0 unspecified atom stereocenters. The van der Waals surface area contributed by atoms with Crippen molar-refractivity contribution in [3.63, 3.8) is 0 Å². The van der Waals surface area contributed by atoms with Crippen molar-refractivity contribution in [1.82, 2.24) is 10.3 Å². The maximum atomic E-state index is 12.5. The second-order valence-corrected chi connectivity index (χ2v) is 8.54. The normalized spacial score (nSPS) is 19.5. The molecule has 0 radical (unpaired) electrons. The summed E-state index contributed by atoms with van der Waals surface area (Å²) >= 11 is 5.91. The van der Waals surface area contributed by atoms with Gasteiger partial charge in [-0.1, -0.05) is 30.7 Å². The summed E-state index contributed by atoms with van der Waals surface area (Å²) in [5, 5.41) is 7.75. The molecule has 1 heterocycles. The molecule has 4 rings (SSSR count). The molecule has 5 nitrogen and oxygen atoms in total. The smallest absolute Gasteiger partial charge is 0.319 e. The number of rotatable bonds is 6. The third kappa shape index (κ3) is 5.47. The molecule has 2 amide bonds. The van der Waals surface area contributed by atoms with E-state index >= 15 is 0 Å². The van der Waals surface area contributed by atoms with Crippen LogP contribution in [0.3, 0.4) is 0 Å². The lowest BCUT2D eigenvalue weighted by Crippen LogP contribution is -2.44. The summed E-state index contributed by atoms with van der Waals surface area (Å²) in [4.78, 5) is 16.9. The van der Waals surface area contributed by atoms with Gasteiger partial charge < -0.3 is 15.4 Å². The number of aromatic nitrogens is 1. The van der Waals surface area contributed by atoms with Crippen LogP contribution in [0.2, 0.25) is 5.02 Å². The Morgan fingerprint density at radius 3 is 2.58 bits per heavy atom. The number of nitrogens with zero attached hydrogens (tertiary/aromatic N) is 1. The van der Waals surface area contributed by atoms with Crippen LogP contribution in [0.25, 0.3) is 10.9 Å². The lowest BCUT2D eigenvalue weighted by molar-refractivity contribution is 0.119. The van der Waals surface area contributed by atoms with Gasteiger partial charge in [0.2, 0.25) is 0 Å². The number of ether oxygens (including phenoxy) is 1. The van der Waals surface area contributed by atoms with Crippen LogP contribution in [0, 0.1) is 5.92 Å². The summed E-state index contributed by atoms with van der Waals surface area (Å²) in [6.45, 7) is 2.12. The fraction of sp³-hybridized carbons (Fsp3) is 0.360. The number of para-hydroxylation sites is 1. The van der Waals surface area contributed by atoms with Crippen molar-refractivity contribution < 1.29 is 9.53 Å². The van der Waals surface area contributed by atoms with Gasteiger partial charge in [-0.15, -0.1) is 0 Å². The van der Waals surface area contributed by atoms with Gasteiger partial charge in [0.05, 0.1) is 11.6 Å². The quantitative estimate of drug-likeness (QED) is 0.467. The van der Waals surface area contributed by atoms with E-state index in [1.54, 1.807) is 30.5 Å². The first-order valence-corrected chi connectivity index (χ1v) is 11.3. The van der Waals surface area contributed by atoms with E-state index in [4.69, 9.17) is 16.3 Å². The van der Waals surface area contributed by atoms with Gasteiger partial charge in [-0.25, -0.2) is 4.79 Å². The minimum Gasteiger partial charge on any atom is -0.490 e. The molecule has 31 heavy (non-hydrogen) atoms. The monoisotopic (exact) mass is 437 g/mol. The predicted molar refractivity (Wildman–Crippen MR) is 126 cm³/mol. The van der Waals surface area contributed by atoms with Crippen molar-refractivity contribution in [2.45, 2.75) is 51.2 Å². The molecule has 1 atom stereocenters. The molecule has 2 aromatic carbocycles. The zero-order valence-corrected chi connectivity index (χ0v) is 18.4. The lowest BCUT2D eigenvalue weighted by atomic mass is 9.81. The standard InChI is InChI=1S/C25H28ClN3O2/c1-2-22(29-25(30)28-19-11-9-18(26)10-12-19)17-7-13-20(14-8-17)31-24-15-16-27-23-6-4-3-5-21(23)24/h3-6,9-12,15-17,20,22H,2,7-8,13-14H2,1H3,(H2,28,29,30)/t17-,20-,22-/m1/s1. The highest BCUT2D eigenvalue weighted by Gasteiger charge is 2.29. The summed E-state index contributed by atoms with van der Waals surface area (Å²) in [6, 6.07) is 17.1. The Morgan fingerprint density at radius 1 is 1.10 bits per heavy atom. The Kier molecular flexibility index (Phi) is 6.92. The number of amides is 2. The zero-order chi connectivity index (χ0) is 21.6. The van der Waals surface area contributed by atoms with Gasteiger partial charge in [0, 0.05) is 28.3 Å². The number of urea groups is 1. The van der Waals surface area contributed by atoms with Crippen molar-refractivity contribution in [2.75, 3.05) is 5.32 Å². The molecular weight excluding hydrogens is 410 g/mol. The number of carbonyl (C=O) groups is 1. The number of fused-ring (bicyclic) bond motifs is 1. The van der Waals surface area contributed by atoms with Gasteiger partial charge in [0.25, 0.3) is 0 Å². The number of nitrogens with one attached hydrogen (secondary N) is 2. The highest BCUT2D eigenvalue weighted by molar-refractivity contribution is 6.30. The fourth-order valence-electron chi connectivity index (χ4n) is 4.38. The van der Waals surface area contributed by atoms with Crippen LogP contribution in [-0.4, -0.2) is 23.2 Å². The second kappa shape index (κ2) is 10.0. The van der Waals surface area contributed by atoms with E-state index in [9.17, 15) is 4.79 Å². The topological polar surface area (TPSA) is 63.2 Å². The molecule has 6 heteroatoms. The van der Waals surface area contributed by atoms with Crippen molar-refractivity contribution in [1.29, 1.82) is 0 Å². The minimum absolute atomic E-state index is 0.148. The molecule has 1 fully saturated rings. The van der Waals surface area contributed by atoms with Crippen molar-refractivity contribution in [3.8, 4) is 5.75 Å². The summed E-state index contributed by atoms with van der Waals surface area (Å²) in [5.74, 6) is 1.36. The van der Waals surface area contributed by atoms with E-state index in [-0.39, 0.29) is 18.2 Å². The number of pyridine rings is 1. The van der Waals surface area contributed by atoms with Crippen LogP contribution >= 0.6 is 11.6 Å². The molecule has 1 saturated carbocycles. The Balaban J connectivity index is 1.30. The number of hydrogen-bond donors (Lipinski definition) is 2. The summed E-state index contributed by atoms with van der Waals surface area (Å²) < 4.78 is 6.35. The van der Waals surface area contributed by atoms with Crippen molar-refractivity contribution in [2.24, 2.45) is 5.92 Å². The van der Waals surface area contributed by atoms with E-state index in [2.05, 4.69) is 28.6 Å². The second-order valence-electron chi connectivity index (χ2n) is 8.10. The molecule has 1 aliphatic rings. The number of carbonyl (C=O) groups excluding carboxylic acids is 1.